The van der Waals surface area contributed by atoms with Crippen LogP contribution in [0.1, 0.15) is 52.4 Å². The molecule has 0 aromatic heterocycles. The maximum Gasteiger partial charge on any atom is 0.333 e. The minimum Gasteiger partial charge on any atom is -0.457 e. The van der Waals surface area contributed by atoms with Crippen LogP contribution in [0.15, 0.2) is 12.2 Å². The second-order valence-electron chi connectivity index (χ2n) is 7.87. The summed E-state index contributed by atoms with van der Waals surface area (Å²) in [5.41, 5.74) is -0.765. The van der Waals surface area contributed by atoms with Crippen molar-refractivity contribution in [3.63, 3.8) is 0 Å². The Morgan fingerprint density at radius 2 is 1.70 bits per heavy atom. The molecule has 0 aliphatic heterocycles. The first-order valence-corrected chi connectivity index (χ1v) is 8.29. The predicted molar refractivity (Wildman–Crippen MR) is 82.4 cm³/mol. The predicted octanol–water partition coefficient (Wildman–Crippen LogP) is 2.58. The van der Waals surface area contributed by atoms with Crippen LogP contribution in [0.3, 0.4) is 0 Å². The average Bonchev–Trinajstić information content (AvgIpc) is 2.42. The third-order valence-corrected chi connectivity index (χ3v) is 5.50. The fraction of sp³-hybridized carbons (Fsp3) is 0.722. The average molecular weight is 320 g/mol. The Bertz CT molecular complexity index is 562. The van der Waals surface area contributed by atoms with Crippen LogP contribution in [0.5, 0.6) is 0 Å². The van der Waals surface area contributed by atoms with Gasteiger partial charge in [-0.15, -0.1) is 0 Å². The zero-order valence-corrected chi connectivity index (χ0v) is 13.9. The van der Waals surface area contributed by atoms with Gasteiger partial charge < -0.3 is 9.47 Å². The SMILES string of the molecule is C=C(C)C(=O)OC12CC3CC(C1)CC(C(=O)OCC(C)=O)(C3)C2. The number of Topliss-reactive ketones (excluding diaryl/α,β-unsaturated/α-hetero) is 1. The van der Waals surface area contributed by atoms with Crippen molar-refractivity contribution < 1.29 is 23.9 Å². The molecule has 126 valence electrons. The molecule has 0 heterocycles. The molecule has 4 saturated carbocycles. The highest BCUT2D eigenvalue weighted by atomic mass is 16.6. The van der Waals surface area contributed by atoms with Crippen molar-refractivity contribution in [2.24, 2.45) is 17.3 Å². The Morgan fingerprint density at radius 1 is 1.09 bits per heavy atom. The van der Waals surface area contributed by atoms with Crippen molar-refractivity contribution in [3.05, 3.63) is 12.2 Å². The lowest BCUT2D eigenvalue weighted by atomic mass is 9.48. The first-order valence-electron chi connectivity index (χ1n) is 8.29. The molecule has 4 rings (SSSR count). The van der Waals surface area contributed by atoms with Gasteiger partial charge in [0.25, 0.3) is 0 Å². The molecule has 2 atom stereocenters. The van der Waals surface area contributed by atoms with E-state index in [0.717, 1.165) is 32.1 Å². The van der Waals surface area contributed by atoms with Gasteiger partial charge in [-0.3, -0.25) is 9.59 Å². The number of ether oxygens (including phenoxy) is 2. The summed E-state index contributed by atoms with van der Waals surface area (Å²) < 4.78 is 11.0. The fourth-order valence-electron chi connectivity index (χ4n) is 5.14. The Morgan fingerprint density at radius 3 is 2.22 bits per heavy atom. The van der Waals surface area contributed by atoms with Gasteiger partial charge >= 0.3 is 11.9 Å². The Hall–Kier alpha value is -1.65. The molecule has 4 fully saturated rings. The molecule has 0 saturated heterocycles. The van der Waals surface area contributed by atoms with Crippen molar-refractivity contribution in [2.45, 2.75) is 58.0 Å². The smallest absolute Gasteiger partial charge is 0.333 e. The summed E-state index contributed by atoms with van der Waals surface area (Å²) in [5.74, 6) is -0.0543. The van der Waals surface area contributed by atoms with E-state index in [2.05, 4.69) is 6.58 Å². The van der Waals surface area contributed by atoms with Gasteiger partial charge in [0.2, 0.25) is 0 Å². The number of carbonyl (C=O) groups is 3. The van der Waals surface area contributed by atoms with Crippen molar-refractivity contribution in [3.8, 4) is 0 Å². The maximum atomic E-state index is 12.6. The van der Waals surface area contributed by atoms with Crippen LogP contribution in [-0.4, -0.2) is 29.9 Å². The molecular formula is C18H24O5. The van der Waals surface area contributed by atoms with E-state index in [-0.39, 0.29) is 24.3 Å². The third-order valence-electron chi connectivity index (χ3n) is 5.50. The minimum atomic E-state index is -0.588. The number of esters is 2. The molecule has 4 aliphatic carbocycles. The summed E-state index contributed by atoms with van der Waals surface area (Å²) in [6.07, 6.45) is 4.82. The molecule has 0 radical (unpaired) electrons. The molecule has 2 unspecified atom stereocenters. The summed E-state index contributed by atoms with van der Waals surface area (Å²) in [7, 11) is 0. The molecule has 23 heavy (non-hydrogen) atoms. The zero-order chi connectivity index (χ0) is 16.8. The van der Waals surface area contributed by atoms with E-state index in [1.807, 2.05) is 0 Å². The molecule has 5 nitrogen and oxygen atoms in total. The van der Waals surface area contributed by atoms with Gasteiger partial charge in [0.05, 0.1) is 5.41 Å². The first kappa shape index (κ1) is 16.2. The van der Waals surface area contributed by atoms with Gasteiger partial charge in [-0.2, -0.15) is 0 Å². The normalized spacial score (nSPS) is 37.3. The van der Waals surface area contributed by atoms with Crippen LogP contribution in [-0.2, 0) is 23.9 Å². The highest BCUT2D eigenvalue weighted by Crippen LogP contribution is 2.63. The Balaban J connectivity index is 1.81. The first-order chi connectivity index (χ1) is 10.7. The molecule has 0 aromatic carbocycles. The largest absolute Gasteiger partial charge is 0.457 e. The van der Waals surface area contributed by atoms with Gasteiger partial charge in [0.1, 0.15) is 12.2 Å². The highest BCUT2D eigenvalue weighted by Gasteiger charge is 2.63. The van der Waals surface area contributed by atoms with Gasteiger partial charge in [0, 0.05) is 12.0 Å². The van der Waals surface area contributed by atoms with Crippen molar-refractivity contribution in [2.75, 3.05) is 6.61 Å². The lowest BCUT2D eigenvalue weighted by Gasteiger charge is -2.59. The maximum absolute atomic E-state index is 12.6. The van der Waals surface area contributed by atoms with Crippen molar-refractivity contribution >= 4 is 17.7 Å². The van der Waals surface area contributed by atoms with E-state index in [9.17, 15) is 14.4 Å². The van der Waals surface area contributed by atoms with Gasteiger partial charge in [-0.05, 0) is 57.8 Å². The molecule has 5 heteroatoms. The number of carbonyl (C=O) groups excluding carboxylic acids is 3. The van der Waals surface area contributed by atoms with Crippen LogP contribution in [0.25, 0.3) is 0 Å². The molecule has 0 amide bonds. The second-order valence-corrected chi connectivity index (χ2v) is 7.87. The van der Waals surface area contributed by atoms with E-state index in [1.165, 1.54) is 6.92 Å². The summed E-state index contributed by atoms with van der Waals surface area (Å²) in [5, 5.41) is 0. The summed E-state index contributed by atoms with van der Waals surface area (Å²) in [6, 6.07) is 0. The third kappa shape index (κ3) is 2.93. The topological polar surface area (TPSA) is 69.7 Å². The van der Waals surface area contributed by atoms with E-state index in [4.69, 9.17) is 9.47 Å². The van der Waals surface area contributed by atoms with Gasteiger partial charge in [-0.1, -0.05) is 6.58 Å². The van der Waals surface area contributed by atoms with Crippen LogP contribution in [0.4, 0.5) is 0 Å². The van der Waals surface area contributed by atoms with Gasteiger partial charge in [0.15, 0.2) is 5.78 Å². The zero-order valence-electron chi connectivity index (χ0n) is 13.9. The fourth-order valence-corrected chi connectivity index (χ4v) is 5.14. The minimum absolute atomic E-state index is 0.161. The van der Waals surface area contributed by atoms with Crippen LogP contribution in [0.2, 0.25) is 0 Å². The van der Waals surface area contributed by atoms with Gasteiger partial charge in [-0.25, -0.2) is 4.79 Å². The number of ketones is 1. The van der Waals surface area contributed by atoms with E-state index in [1.54, 1.807) is 6.92 Å². The molecule has 4 aliphatic rings. The van der Waals surface area contributed by atoms with Crippen molar-refractivity contribution in [1.29, 1.82) is 0 Å². The standard InChI is InChI=1S/C18H24O5/c1-11(2)15(20)23-18-7-13-4-14(8-18)6-17(5-13,10-18)16(21)22-9-12(3)19/h13-14H,1,4-10H2,2-3H3. The Kier molecular flexibility index (Phi) is 3.85. The van der Waals surface area contributed by atoms with Crippen LogP contribution in [0, 0.1) is 17.3 Å². The summed E-state index contributed by atoms with van der Waals surface area (Å²) in [6.45, 7) is 6.52. The van der Waals surface area contributed by atoms with Crippen LogP contribution < -0.4 is 0 Å². The monoisotopic (exact) mass is 320 g/mol. The molecule has 0 aromatic rings. The lowest BCUT2D eigenvalue weighted by molar-refractivity contribution is -0.210. The molecule has 4 bridgehead atoms. The molecular weight excluding hydrogens is 296 g/mol. The quantitative estimate of drug-likeness (QED) is 0.575. The van der Waals surface area contributed by atoms with Crippen LogP contribution >= 0.6 is 0 Å². The number of rotatable bonds is 5. The second kappa shape index (κ2) is 5.46. The Labute approximate surface area is 136 Å². The van der Waals surface area contributed by atoms with Crippen molar-refractivity contribution in [1.82, 2.24) is 0 Å². The summed E-state index contributed by atoms with van der Waals surface area (Å²) in [4.78, 5) is 35.8. The van der Waals surface area contributed by atoms with E-state index >= 15 is 0 Å². The number of hydrogen-bond acceptors (Lipinski definition) is 5. The highest BCUT2D eigenvalue weighted by molar-refractivity contribution is 5.87. The molecule has 0 spiro atoms. The molecule has 0 N–H and O–H groups in total. The van der Waals surface area contributed by atoms with E-state index in [0.29, 0.717) is 23.8 Å². The lowest BCUT2D eigenvalue weighted by Crippen LogP contribution is -2.60. The number of hydrogen-bond donors (Lipinski definition) is 0. The summed E-state index contributed by atoms with van der Waals surface area (Å²) >= 11 is 0. The van der Waals surface area contributed by atoms with E-state index < -0.39 is 11.0 Å².